The summed E-state index contributed by atoms with van der Waals surface area (Å²) in [5.41, 5.74) is -0.986. The van der Waals surface area contributed by atoms with Gasteiger partial charge in [0.2, 0.25) is 0 Å². The molecule has 136 valence electrons. The topological polar surface area (TPSA) is 85.8 Å². The number of carbonyl (C=O) groups excluding carboxylic acids is 2. The Labute approximate surface area is 144 Å². The van der Waals surface area contributed by atoms with Crippen LogP contribution in [0.1, 0.15) is 16.1 Å². The zero-order valence-electron chi connectivity index (χ0n) is 13.3. The molecule has 3 aromatic heterocycles. The van der Waals surface area contributed by atoms with E-state index in [1.165, 1.54) is 24.8 Å². The highest BCUT2D eigenvalue weighted by Gasteiger charge is 2.35. The summed E-state index contributed by atoms with van der Waals surface area (Å²) in [5, 5.41) is 2.23. The number of rotatable bonds is 4. The summed E-state index contributed by atoms with van der Waals surface area (Å²) in [6, 6.07) is 2.45. The predicted octanol–water partition coefficient (Wildman–Crippen LogP) is 2.52. The van der Waals surface area contributed by atoms with E-state index in [1.54, 1.807) is 0 Å². The molecule has 0 spiro atoms. The summed E-state index contributed by atoms with van der Waals surface area (Å²) in [4.78, 5) is 26.8. The fourth-order valence-electron chi connectivity index (χ4n) is 2.32. The summed E-state index contributed by atoms with van der Waals surface area (Å²) in [5.74, 6) is -1.49. The van der Waals surface area contributed by atoms with E-state index in [9.17, 15) is 22.8 Å². The zero-order valence-corrected chi connectivity index (χ0v) is 13.3. The molecule has 0 radical (unpaired) electrons. The van der Waals surface area contributed by atoms with Gasteiger partial charge in [-0.25, -0.2) is 4.98 Å². The average molecular weight is 367 g/mol. The second-order valence-electron chi connectivity index (χ2n) is 5.27. The summed E-state index contributed by atoms with van der Waals surface area (Å²) in [7, 11) is 1.15. The number of nitrogens with one attached hydrogen (secondary N) is 1. The van der Waals surface area contributed by atoms with Crippen molar-refractivity contribution in [3.8, 4) is 11.1 Å². The molecule has 0 aliphatic carbocycles. The van der Waals surface area contributed by atoms with Crippen molar-refractivity contribution in [3.63, 3.8) is 0 Å². The Morgan fingerprint density at radius 1 is 1.31 bits per heavy atom. The summed E-state index contributed by atoms with van der Waals surface area (Å²) >= 11 is 0. The van der Waals surface area contributed by atoms with Crippen LogP contribution in [-0.2, 0) is 15.7 Å². The highest BCUT2D eigenvalue weighted by atomic mass is 19.4. The molecule has 0 unspecified atom stereocenters. The number of methoxy groups -OCH3 is 1. The normalized spacial score (nSPS) is 11.5. The van der Waals surface area contributed by atoms with Crippen LogP contribution in [0.3, 0.4) is 0 Å². The first-order valence-electron chi connectivity index (χ1n) is 7.27. The number of nitrogens with zero attached hydrogens (tertiary/aromatic N) is 2. The van der Waals surface area contributed by atoms with Gasteiger partial charge in [0.25, 0.3) is 5.91 Å². The fourth-order valence-corrected chi connectivity index (χ4v) is 2.32. The Hall–Kier alpha value is -3.30. The Bertz CT molecular complexity index is 961. The lowest BCUT2D eigenvalue weighted by Crippen LogP contribution is -2.30. The number of amides is 1. The van der Waals surface area contributed by atoms with E-state index >= 15 is 0 Å². The highest BCUT2D eigenvalue weighted by Crippen LogP contribution is 2.35. The van der Waals surface area contributed by atoms with Gasteiger partial charge in [0.15, 0.2) is 0 Å². The third-order valence-electron chi connectivity index (χ3n) is 3.56. The Balaban J connectivity index is 2.04. The van der Waals surface area contributed by atoms with Crippen molar-refractivity contribution >= 4 is 17.5 Å². The standard InChI is InChI=1S/C16H12F3N3O4/c1-25-13(23)5-20-15(24)12-7-22-6-10(9-2-3-26-8-9)4-11(14(22)21-12)16(17,18)19/h2-4,6-8H,5H2,1H3,(H,20,24). The van der Waals surface area contributed by atoms with Gasteiger partial charge in [-0.3, -0.25) is 9.59 Å². The van der Waals surface area contributed by atoms with Crippen molar-refractivity contribution < 1.29 is 31.9 Å². The molecule has 26 heavy (non-hydrogen) atoms. The minimum absolute atomic E-state index is 0.248. The molecule has 3 heterocycles. The molecule has 0 fully saturated rings. The number of halogens is 3. The number of hydrogen-bond donors (Lipinski definition) is 1. The van der Waals surface area contributed by atoms with Crippen molar-refractivity contribution in [3.05, 3.63) is 48.3 Å². The van der Waals surface area contributed by atoms with E-state index in [-0.39, 0.29) is 11.3 Å². The molecule has 3 rings (SSSR count). The number of hydrogen-bond acceptors (Lipinski definition) is 5. The molecule has 0 aliphatic rings. The molecule has 0 bridgehead atoms. The molecule has 0 aliphatic heterocycles. The van der Waals surface area contributed by atoms with Crippen molar-refractivity contribution in [1.29, 1.82) is 0 Å². The van der Waals surface area contributed by atoms with E-state index in [4.69, 9.17) is 4.42 Å². The molecule has 7 nitrogen and oxygen atoms in total. The van der Waals surface area contributed by atoms with Gasteiger partial charge in [-0.1, -0.05) is 0 Å². The van der Waals surface area contributed by atoms with Crippen LogP contribution in [0.5, 0.6) is 0 Å². The summed E-state index contributed by atoms with van der Waals surface area (Å²) in [6.07, 6.45) is 0.529. The number of pyridine rings is 1. The molecule has 0 aromatic carbocycles. The van der Waals surface area contributed by atoms with Crippen LogP contribution in [0.2, 0.25) is 0 Å². The number of aromatic nitrogens is 2. The van der Waals surface area contributed by atoms with E-state index in [2.05, 4.69) is 15.0 Å². The SMILES string of the molecule is COC(=O)CNC(=O)c1cn2cc(-c3ccoc3)cc(C(F)(F)F)c2n1. The van der Waals surface area contributed by atoms with Gasteiger partial charge in [0.1, 0.15) is 17.9 Å². The number of carbonyl (C=O) groups is 2. The largest absolute Gasteiger partial charge is 0.472 e. The van der Waals surface area contributed by atoms with Crippen LogP contribution in [0, 0.1) is 0 Å². The number of fused-ring (bicyclic) bond motifs is 1. The lowest BCUT2D eigenvalue weighted by molar-refractivity contribution is -0.139. The second kappa shape index (κ2) is 6.54. The van der Waals surface area contributed by atoms with Gasteiger partial charge in [-0.2, -0.15) is 13.2 Å². The molecule has 1 N–H and O–H groups in total. The monoisotopic (exact) mass is 367 g/mol. The number of furan rings is 1. The lowest BCUT2D eigenvalue weighted by atomic mass is 10.1. The molecule has 0 atom stereocenters. The molecular formula is C16H12F3N3O4. The quantitative estimate of drug-likeness (QED) is 0.716. The van der Waals surface area contributed by atoms with Gasteiger partial charge in [0.05, 0.1) is 25.2 Å². The molecule has 0 saturated heterocycles. The molecule has 1 amide bonds. The van der Waals surface area contributed by atoms with Crippen LogP contribution in [0.4, 0.5) is 13.2 Å². The van der Waals surface area contributed by atoms with Crippen LogP contribution in [0.25, 0.3) is 16.8 Å². The molecule has 10 heteroatoms. The number of ether oxygens (including phenoxy) is 1. The van der Waals surface area contributed by atoms with Gasteiger partial charge in [-0.05, 0) is 12.1 Å². The first kappa shape index (κ1) is 17.5. The van der Waals surface area contributed by atoms with Crippen LogP contribution in [-0.4, -0.2) is 34.9 Å². The van der Waals surface area contributed by atoms with E-state index in [1.807, 2.05) is 0 Å². The first-order valence-corrected chi connectivity index (χ1v) is 7.27. The lowest BCUT2D eigenvalue weighted by Gasteiger charge is -2.10. The predicted molar refractivity (Wildman–Crippen MR) is 82.2 cm³/mol. The van der Waals surface area contributed by atoms with Crippen molar-refractivity contribution in [2.24, 2.45) is 0 Å². The van der Waals surface area contributed by atoms with E-state index in [0.717, 1.165) is 23.8 Å². The number of alkyl halides is 3. The van der Waals surface area contributed by atoms with Crippen LogP contribution in [0.15, 0.2) is 41.5 Å². The summed E-state index contributed by atoms with van der Waals surface area (Å²) < 4.78 is 50.6. The maximum Gasteiger partial charge on any atom is 0.420 e. The smallest absolute Gasteiger partial charge is 0.420 e. The number of imidazole rings is 1. The van der Waals surface area contributed by atoms with Gasteiger partial charge in [0, 0.05) is 23.5 Å². The van der Waals surface area contributed by atoms with Gasteiger partial charge >= 0.3 is 12.1 Å². The van der Waals surface area contributed by atoms with Gasteiger partial charge < -0.3 is 18.9 Å². The third kappa shape index (κ3) is 3.39. The second-order valence-corrected chi connectivity index (χ2v) is 5.27. The minimum atomic E-state index is -4.67. The zero-order chi connectivity index (χ0) is 18.9. The first-order chi connectivity index (χ1) is 12.3. The maximum absolute atomic E-state index is 13.4. The van der Waals surface area contributed by atoms with Crippen molar-refractivity contribution in [1.82, 2.24) is 14.7 Å². The minimum Gasteiger partial charge on any atom is -0.472 e. The Morgan fingerprint density at radius 3 is 2.69 bits per heavy atom. The van der Waals surface area contributed by atoms with Crippen LogP contribution >= 0.6 is 0 Å². The average Bonchev–Trinajstić information content (AvgIpc) is 3.26. The molecule has 3 aromatic rings. The highest BCUT2D eigenvalue weighted by molar-refractivity contribution is 5.95. The third-order valence-corrected chi connectivity index (χ3v) is 3.56. The van der Waals surface area contributed by atoms with Crippen molar-refractivity contribution in [2.75, 3.05) is 13.7 Å². The summed E-state index contributed by atoms with van der Waals surface area (Å²) in [6.45, 7) is -0.421. The number of esters is 1. The fraction of sp³-hybridized carbons (Fsp3) is 0.188. The maximum atomic E-state index is 13.4. The molecular weight excluding hydrogens is 355 g/mol. The van der Waals surface area contributed by atoms with Crippen LogP contribution < -0.4 is 5.32 Å². The molecule has 0 saturated carbocycles. The Morgan fingerprint density at radius 2 is 2.08 bits per heavy atom. The van der Waals surface area contributed by atoms with E-state index in [0.29, 0.717) is 5.56 Å². The van der Waals surface area contributed by atoms with Gasteiger partial charge in [-0.15, -0.1) is 0 Å². The van der Waals surface area contributed by atoms with Crippen molar-refractivity contribution in [2.45, 2.75) is 6.18 Å². The Kier molecular flexibility index (Phi) is 4.41. The van der Waals surface area contributed by atoms with E-state index < -0.39 is 35.8 Å².